The highest BCUT2D eigenvalue weighted by atomic mass is 19.1. The molecule has 3 heteroatoms. The summed E-state index contributed by atoms with van der Waals surface area (Å²) < 4.78 is 13.1. The lowest BCUT2D eigenvalue weighted by Crippen LogP contribution is -2.42. The Morgan fingerprint density at radius 3 is 2.75 bits per heavy atom. The van der Waals surface area contributed by atoms with Gasteiger partial charge in [0.05, 0.1) is 5.60 Å². The molecule has 1 aromatic rings. The summed E-state index contributed by atoms with van der Waals surface area (Å²) in [6, 6.07) is 7.55. The molecule has 2 aliphatic rings. The van der Waals surface area contributed by atoms with Gasteiger partial charge in [0.25, 0.3) is 0 Å². The number of nitrogens with one attached hydrogen (secondary N) is 1. The van der Waals surface area contributed by atoms with Crippen LogP contribution in [0.3, 0.4) is 0 Å². The molecule has 2 saturated carbocycles. The van der Waals surface area contributed by atoms with E-state index >= 15 is 0 Å². The molecule has 1 aromatic carbocycles. The van der Waals surface area contributed by atoms with E-state index in [0.29, 0.717) is 12.0 Å². The molecule has 110 valence electrons. The molecule has 2 aliphatic carbocycles. The van der Waals surface area contributed by atoms with Crippen LogP contribution < -0.4 is 5.32 Å². The van der Waals surface area contributed by atoms with E-state index < -0.39 is 0 Å². The second kappa shape index (κ2) is 5.82. The van der Waals surface area contributed by atoms with Crippen LogP contribution in [0.2, 0.25) is 0 Å². The van der Waals surface area contributed by atoms with Gasteiger partial charge in [0.2, 0.25) is 0 Å². The Morgan fingerprint density at radius 1 is 1.30 bits per heavy atom. The molecule has 2 N–H and O–H groups in total. The molecule has 2 fully saturated rings. The summed E-state index contributed by atoms with van der Waals surface area (Å²) in [6.07, 6.45) is 7.34. The first-order valence-corrected chi connectivity index (χ1v) is 7.86. The van der Waals surface area contributed by atoms with E-state index in [1.165, 1.54) is 12.5 Å². The van der Waals surface area contributed by atoms with Crippen LogP contribution in [0.5, 0.6) is 0 Å². The van der Waals surface area contributed by atoms with Gasteiger partial charge in [-0.3, -0.25) is 0 Å². The van der Waals surface area contributed by atoms with Crippen molar-refractivity contribution in [1.82, 2.24) is 5.32 Å². The summed E-state index contributed by atoms with van der Waals surface area (Å²) >= 11 is 0. The second-order valence-corrected chi connectivity index (χ2v) is 6.56. The summed E-state index contributed by atoms with van der Waals surface area (Å²) in [6.45, 7) is 0.989. The van der Waals surface area contributed by atoms with Crippen LogP contribution in [-0.4, -0.2) is 23.3 Å². The summed E-state index contributed by atoms with van der Waals surface area (Å²) in [4.78, 5) is 0. The van der Waals surface area contributed by atoms with Crippen LogP contribution in [0.1, 0.15) is 56.4 Å². The van der Waals surface area contributed by atoms with Gasteiger partial charge in [-0.2, -0.15) is 0 Å². The summed E-state index contributed by atoms with van der Waals surface area (Å²) in [7, 11) is 0. The Kier molecular flexibility index (Phi) is 4.08. The molecule has 0 aromatic heterocycles. The zero-order chi connectivity index (χ0) is 14.0. The van der Waals surface area contributed by atoms with E-state index in [9.17, 15) is 9.50 Å². The largest absolute Gasteiger partial charge is 0.390 e. The van der Waals surface area contributed by atoms with Gasteiger partial charge >= 0.3 is 0 Å². The second-order valence-electron chi connectivity index (χ2n) is 6.56. The van der Waals surface area contributed by atoms with E-state index in [1.54, 1.807) is 12.1 Å². The highest BCUT2D eigenvalue weighted by Gasteiger charge is 2.34. The summed E-state index contributed by atoms with van der Waals surface area (Å²) in [5.74, 6) is 0.381. The third kappa shape index (κ3) is 3.21. The number of aliphatic hydroxyl groups is 1. The lowest BCUT2D eigenvalue weighted by atomic mass is 9.75. The van der Waals surface area contributed by atoms with E-state index in [4.69, 9.17) is 0 Å². The predicted molar refractivity (Wildman–Crippen MR) is 78.2 cm³/mol. The maximum Gasteiger partial charge on any atom is 0.123 e. The Bertz CT molecular complexity index is 452. The Morgan fingerprint density at radius 2 is 2.10 bits per heavy atom. The third-order valence-corrected chi connectivity index (χ3v) is 4.99. The quantitative estimate of drug-likeness (QED) is 0.782. The minimum Gasteiger partial charge on any atom is -0.390 e. The SMILES string of the molecule is OC1(CCCNC2CC(c3cccc(F)c3)C2)CCC1. The average molecular weight is 277 g/mol. The lowest BCUT2D eigenvalue weighted by Gasteiger charge is -2.38. The van der Waals surface area contributed by atoms with Gasteiger partial charge in [-0.1, -0.05) is 12.1 Å². The number of rotatable bonds is 6. The van der Waals surface area contributed by atoms with Gasteiger partial charge in [-0.25, -0.2) is 4.39 Å². The van der Waals surface area contributed by atoms with Gasteiger partial charge < -0.3 is 10.4 Å². The highest BCUT2D eigenvalue weighted by molar-refractivity contribution is 5.23. The standard InChI is InChI=1S/C17H24FNO/c18-15-5-1-4-13(10-15)14-11-16(12-14)19-9-3-8-17(20)6-2-7-17/h1,4-5,10,14,16,19-20H,2-3,6-9,11-12H2. The van der Waals surface area contributed by atoms with Crippen LogP contribution >= 0.6 is 0 Å². The molecule has 0 bridgehead atoms. The zero-order valence-electron chi connectivity index (χ0n) is 11.9. The fourth-order valence-corrected chi connectivity index (χ4v) is 3.38. The molecular formula is C17H24FNO. The van der Waals surface area contributed by atoms with Crippen molar-refractivity contribution in [1.29, 1.82) is 0 Å². The normalized spacial score (nSPS) is 27.7. The fourth-order valence-electron chi connectivity index (χ4n) is 3.38. The molecule has 0 radical (unpaired) electrons. The van der Waals surface area contributed by atoms with Crippen LogP contribution in [0.15, 0.2) is 24.3 Å². The third-order valence-electron chi connectivity index (χ3n) is 4.99. The molecule has 0 saturated heterocycles. The fraction of sp³-hybridized carbons (Fsp3) is 0.647. The monoisotopic (exact) mass is 277 g/mol. The maximum absolute atomic E-state index is 13.1. The van der Waals surface area contributed by atoms with Crippen LogP contribution in [0.25, 0.3) is 0 Å². The smallest absolute Gasteiger partial charge is 0.123 e. The number of hydrogen-bond acceptors (Lipinski definition) is 2. The van der Waals surface area contributed by atoms with E-state index in [2.05, 4.69) is 5.32 Å². The molecule has 0 spiro atoms. The van der Waals surface area contributed by atoms with Crippen LogP contribution in [0.4, 0.5) is 4.39 Å². The first-order valence-electron chi connectivity index (χ1n) is 7.86. The van der Waals surface area contributed by atoms with Crippen molar-refractivity contribution in [3.8, 4) is 0 Å². The van der Waals surface area contributed by atoms with Gasteiger partial charge in [-0.15, -0.1) is 0 Å². The van der Waals surface area contributed by atoms with Gasteiger partial charge in [0.1, 0.15) is 5.82 Å². The topological polar surface area (TPSA) is 32.3 Å². The molecule has 0 heterocycles. The van der Waals surface area contributed by atoms with Crippen molar-refractivity contribution in [2.24, 2.45) is 0 Å². The molecule has 20 heavy (non-hydrogen) atoms. The summed E-state index contributed by atoms with van der Waals surface area (Å²) in [5, 5.41) is 13.5. The van der Waals surface area contributed by atoms with Crippen molar-refractivity contribution >= 4 is 0 Å². The predicted octanol–water partition coefficient (Wildman–Crippen LogP) is 3.36. The Balaban J connectivity index is 1.32. The number of hydrogen-bond donors (Lipinski definition) is 2. The molecule has 0 atom stereocenters. The highest BCUT2D eigenvalue weighted by Crippen LogP contribution is 2.37. The average Bonchev–Trinajstić information content (AvgIpc) is 2.34. The number of halogens is 1. The van der Waals surface area contributed by atoms with Crippen molar-refractivity contribution in [3.63, 3.8) is 0 Å². The lowest BCUT2D eigenvalue weighted by molar-refractivity contribution is -0.0416. The van der Waals surface area contributed by atoms with Gasteiger partial charge in [-0.05, 0) is 75.1 Å². The van der Waals surface area contributed by atoms with Crippen molar-refractivity contribution < 1.29 is 9.50 Å². The van der Waals surface area contributed by atoms with Crippen molar-refractivity contribution in [3.05, 3.63) is 35.6 Å². The Hall–Kier alpha value is -0.930. The van der Waals surface area contributed by atoms with E-state index in [1.807, 2.05) is 6.07 Å². The van der Waals surface area contributed by atoms with Crippen molar-refractivity contribution in [2.75, 3.05) is 6.54 Å². The van der Waals surface area contributed by atoms with Crippen LogP contribution in [0, 0.1) is 5.82 Å². The van der Waals surface area contributed by atoms with E-state index in [0.717, 1.165) is 50.6 Å². The molecule has 0 unspecified atom stereocenters. The van der Waals surface area contributed by atoms with Gasteiger partial charge in [0, 0.05) is 6.04 Å². The first kappa shape index (κ1) is 14.0. The van der Waals surface area contributed by atoms with Crippen LogP contribution in [-0.2, 0) is 0 Å². The molecule has 0 amide bonds. The molecule has 0 aliphatic heterocycles. The molecule has 2 nitrogen and oxygen atoms in total. The maximum atomic E-state index is 13.1. The summed E-state index contributed by atoms with van der Waals surface area (Å²) in [5.41, 5.74) is 0.789. The van der Waals surface area contributed by atoms with Crippen molar-refractivity contribution in [2.45, 2.75) is 62.5 Å². The minimum absolute atomic E-state index is 0.132. The molecular weight excluding hydrogens is 253 g/mol. The Labute approximate surface area is 120 Å². The zero-order valence-corrected chi connectivity index (χ0v) is 11.9. The number of benzene rings is 1. The van der Waals surface area contributed by atoms with E-state index in [-0.39, 0.29) is 11.4 Å². The van der Waals surface area contributed by atoms with Gasteiger partial charge in [0.15, 0.2) is 0 Å². The minimum atomic E-state index is -0.342. The first-order chi connectivity index (χ1) is 9.65. The molecule has 3 rings (SSSR count).